The number of non-ortho nitro benzene ring substituents is 1. The van der Waals surface area contributed by atoms with Crippen LogP contribution in [0.4, 0.5) is 11.5 Å². The van der Waals surface area contributed by atoms with Crippen LogP contribution in [0, 0.1) is 17.0 Å². The van der Waals surface area contributed by atoms with Crippen molar-refractivity contribution in [1.82, 2.24) is 10.1 Å². The lowest BCUT2D eigenvalue weighted by molar-refractivity contribution is -0.904. The monoisotopic (exact) mass is 416 g/mol. The molecule has 0 radical (unpaired) electrons. The van der Waals surface area contributed by atoms with Crippen LogP contribution in [0.1, 0.15) is 35.4 Å². The minimum absolute atomic E-state index is 0.162. The number of aryl methyl sites for hydroxylation is 1. The van der Waals surface area contributed by atoms with Gasteiger partial charge in [-0.25, -0.2) is 0 Å². The molecule has 1 aromatic carbocycles. The third kappa shape index (κ3) is 5.86. The number of carbonyl (C=O) groups excluding carboxylic acids is 2. The lowest BCUT2D eigenvalue weighted by atomic mass is 10.1. The second-order valence-electron chi connectivity index (χ2n) is 7.47. The van der Waals surface area contributed by atoms with Crippen molar-refractivity contribution in [3.05, 3.63) is 51.8 Å². The number of hydrogen-bond donors (Lipinski definition) is 2. The Hall–Kier alpha value is -3.27. The van der Waals surface area contributed by atoms with Gasteiger partial charge in [0.2, 0.25) is 5.91 Å². The molecular formula is C20H26N5O5+. The molecule has 1 saturated heterocycles. The van der Waals surface area contributed by atoms with Crippen molar-refractivity contribution in [1.29, 1.82) is 0 Å². The normalized spacial score (nSPS) is 14.3. The number of benzene rings is 1. The first-order valence-corrected chi connectivity index (χ1v) is 10.0. The third-order valence-electron chi connectivity index (χ3n) is 5.12. The van der Waals surface area contributed by atoms with Crippen LogP contribution in [0.2, 0.25) is 0 Å². The Labute approximate surface area is 174 Å². The molecule has 1 fully saturated rings. The van der Waals surface area contributed by atoms with E-state index in [1.54, 1.807) is 13.0 Å². The fourth-order valence-corrected chi connectivity index (χ4v) is 3.56. The molecule has 1 aliphatic rings. The molecule has 3 rings (SSSR count). The van der Waals surface area contributed by atoms with Crippen LogP contribution in [0.5, 0.6) is 0 Å². The summed E-state index contributed by atoms with van der Waals surface area (Å²) in [5.74, 6) is 0.0164. The SMILES string of the molecule is Cc1cc(NC(=O)CN(CC[NH+]2CCCCC2)C(=O)c2cccc([N+](=O)[O-])c2)no1. The van der Waals surface area contributed by atoms with E-state index in [2.05, 4.69) is 10.5 Å². The van der Waals surface area contributed by atoms with Gasteiger partial charge in [-0.05, 0) is 32.3 Å². The zero-order valence-electron chi connectivity index (χ0n) is 16.9. The number of amides is 2. The van der Waals surface area contributed by atoms with Crippen LogP contribution in [0.25, 0.3) is 0 Å². The topological polar surface area (TPSA) is 123 Å². The Morgan fingerprint density at radius 2 is 2.03 bits per heavy atom. The highest BCUT2D eigenvalue weighted by atomic mass is 16.6. The highest BCUT2D eigenvalue weighted by Gasteiger charge is 2.23. The average molecular weight is 416 g/mol. The summed E-state index contributed by atoms with van der Waals surface area (Å²) in [5.41, 5.74) is 0.0212. The molecule has 0 aliphatic carbocycles. The summed E-state index contributed by atoms with van der Waals surface area (Å²) < 4.78 is 4.94. The van der Waals surface area contributed by atoms with Crippen molar-refractivity contribution in [2.24, 2.45) is 0 Å². The molecular weight excluding hydrogens is 390 g/mol. The minimum atomic E-state index is -0.543. The number of nitrogens with zero attached hydrogens (tertiary/aromatic N) is 3. The van der Waals surface area contributed by atoms with E-state index in [4.69, 9.17) is 4.52 Å². The lowest BCUT2D eigenvalue weighted by Crippen LogP contribution is -3.13. The van der Waals surface area contributed by atoms with E-state index in [-0.39, 0.29) is 23.6 Å². The van der Waals surface area contributed by atoms with Crippen molar-refractivity contribution in [2.75, 3.05) is 38.0 Å². The van der Waals surface area contributed by atoms with Crippen LogP contribution >= 0.6 is 0 Å². The molecule has 10 heteroatoms. The summed E-state index contributed by atoms with van der Waals surface area (Å²) in [6.45, 7) is 4.72. The number of nitro groups is 1. The van der Waals surface area contributed by atoms with Crippen molar-refractivity contribution in [2.45, 2.75) is 26.2 Å². The van der Waals surface area contributed by atoms with Gasteiger partial charge in [-0.2, -0.15) is 0 Å². The first kappa shape index (κ1) is 21.4. The Kier molecular flexibility index (Phi) is 7.12. The van der Waals surface area contributed by atoms with Gasteiger partial charge in [-0.1, -0.05) is 11.2 Å². The highest BCUT2D eigenvalue weighted by molar-refractivity contribution is 5.99. The molecule has 0 bridgehead atoms. The smallest absolute Gasteiger partial charge is 0.270 e. The number of nitro benzene ring substituents is 1. The van der Waals surface area contributed by atoms with Gasteiger partial charge >= 0.3 is 0 Å². The van der Waals surface area contributed by atoms with Crippen molar-refractivity contribution >= 4 is 23.3 Å². The maximum Gasteiger partial charge on any atom is 0.270 e. The molecule has 1 aromatic heterocycles. The van der Waals surface area contributed by atoms with Crippen LogP contribution < -0.4 is 10.2 Å². The van der Waals surface area contributed by atoms with E-state index in [0.717, 1.165) is 32.5 Å². The summed E-state index contributed by atoms with van der Waals surface area (Å²) in [6.07, 6.45) is 3.53. The van der Waals surface area contributed by atoms with Crippen molar-refractivity contribution in [3.8, 4) is 0 Å². The molecule has 10 nitrogen and oxygen atoms in total. The molecule has 1 aliphatic heterocycles. The van der Waals surface area contributed by atoms with E-state index < -0.39 is 16.7 Å². The van der Waals surface area contributed by atoms with Crippen molar-refractivity contribution in [3.63, 3.8) is 0 Å². The average Bonchev–Trinajstić information content (AvgIpc) is 3.15. The van der Waals surface area contributed by atoms with Crippen LogP contribution in [0.15, 0.2) is 34.9 Å². The van der Waals surface area contributed by atoms with Gasteiger partial charge in [-0.15, -0.1) is 0 Å². The van der Waals surface area contributed by atoms with Crippen LogP contribution in [-0.4, -0.2) is 59.5 Å². The van der Waals surface area contributed by atoms with Gasteiger partial charge in [-0.3, -0.25) is 19.7 Å². The van der Waals surface area contributed by atoms with Gasteiger partial charge < -0.3 is 19.6 Å². The molecule has 0 atom stereocenters. The highest BCUT2D eigenvalue weighted by Crippen LogP contribution is 2.15. The predicted octanol–water partition coefficient (Wildman–Crippen LogP) is 1.04. The standard InChI is InChI=1S/C20H25N5O5/c1-15-12-18(22-30-15)21-19(26)14-24(11-10-23-8-3-2-4-9-23)20(27)16-6-5-7-17(13-16)25(28)29/h5-7,12-13H,2-4,8-11,14H2,1H3,(H,21,22,26)/p+1. The zero-order valence-corrected chi connectivity index (χ0v) is 16.9. The number of aromatic nitrogens is 1. The molecule has 160 valence electrons. The van der Waals surface area contributed by atoms with Crippen LogP contribution in [0.3, 0.4) is 0 Å². The molecule has 0 unspecified atom stereocenters. The third-order valence-corrected chi connectivity index (χ3v) is 5.12. The van der Waals surface area contributed by atoms with Gasteiger partial charge in [0.15, 0.2) is 5.82 Å². The maximum atomic E-state index is 13.1. The largest absolute Gasteiger partial charge is 0.360 e. The summed E-state index contributed by atoms with van der Waals surface area (Å²) in [6, 6.07) is 7.15. The van der Waals surface area contributed by atoms with E-state index in [9.17, 15) is 19.7 Å². The fraction of sp³-hybridized carbons (Fsp3) is 0.450. The van der Waals surface area contributed by atoms with E-state index in [1.165, 1.54) is 40.5 Å². The molecule has 2 aromatic rings. The first-order valence-electron chi connectivity index (χ1n) is 10.0. The Morgan fingerprint density at radius 3 is 2.70 bits per heavy atom. The molecule has 0 spiro atoms. The number of likely N-dealkylation sites (tertiary alicyclic amines) is 1. The number of piperidine rings is 1. The van der Waals surface area contributed by atoms with E-state index in [1.807, 2.05) is 0 Å². The van der Waals surface area contributed by atoms with E-state index in [0.29, 0.717) is 12.3 Å². The number of hydrogen-bond acceptors (Lipinski definition) is 6. The second-order valence-corrected chi connectivity index (χ2v) is 7.47. The summed E-state index contributed by atoms with van der Waals surface area (Å²) >= 11 is 0. The molecule has 0 saturated carbocycles. The Balaban J connectivity index is 1.71. The number of anilines is 1. The minimum Gasteiger partial charge on any atom is -0.360 e. The summed E-state index contributed by atoms with van der Waals surface area (Å²) in [5, 5.41) is 17.4. The van der Waals surface area contributed by atoms with Crippen molar-refractivity contribution < 1.29 is 23.9 Å². The maximum absolute atomic E-state index is 13.1. The lowest BCUT2D eigenvalue weighted by Gasteiger charge is -2.27. The number of carbonyl (C=O) groups is 2. The fourth-order valence-electron chi connectivity index (χ4n) is 3.56. The predicted molar refractivity (Wildman–Crippen MR) is 108 cm³/mol. The second kappa shape index (κ2) is 9.97. The van der Waals surface area contributed by atoms with Gasteiger partial charge in [0.25, 0.3) is 11.6 Å². The summed E-state index contributed by atoms with van der Waals surface area (Å²) in [7, 11) is 0. The number of nitrogens with one attached hydrogen (secondary N) is 2. The number of quaternary nitrogens is 1. The van der Waals surface area contributed by atoms with Crippen LogP contribution in [-0.2, 0) is 4.79 Å². The Morgan fingerprint density at radius 1 is 1.27 bits per heavy atom. The molecule has 2 heterocycles. The zero-order chi connectivity index (χ0) is 21.5. The van der Waals surface area contributed by atoms with Gasteiger partial charge in [0.05, 0.1) is 31.1 Å². The molecule has 30 heavy (non-hydrogen) atoms. The molecule has 2 N–H and O–H groups in total. The number of rotatable bonds is 8. The quantitative estimate of drug-likeness (QED) is 0.490. The first-order chi connectivity index (χ1) is 14.4. The van der Waals surface area contributed by atoms with Gasteiger partial charge in [0, 0.05) is 23.8 Å². The Bertz CT molecular complexity index is 906. The molecule has 2 amide bonds. The summed E-state index contributed by atoms with van der Waals surface area (Å²) in [4.78, 5) is 38.9. The van der Waals surface area contributed by atoms with Gasteiger partial charge in [0.1, 0.15) is 12.3 Å². The van der Waals surface area contributed by atoms with E-state index >= 15 is 0 Å².